The van der Waals surface area contributed by atoms with Gasteiger partial charge in [0.1, 0.15) is 5.01 Å². The lowest BCUT2D eigenvalue weighted by Crippen LogP contribution is -1.89. The zero-order valence-corrected chi connectivity index (χ0v) is 11.6. The molecule has 0 aliphatic carbocycles. The second-order valence-corrected chi connectivity index (χ2v) is 6.62. The monoisotopic (exact) mass is 264 g/mol. The predicted molar refractivity (Wildman–Crippen MR) is 78.4 cm³/mol. The highest BCUT2D eigenvalue weighted by molar-refractivity contribution is 7.99. The molecule has 0 saturated carbocycles. The van der Waals surface area contributed by atoms with Gasteiger partial charge in [0, 0.05) is 22.4 Å². The van der Waals surface area contributed by atoms with Gasteiger partial charge in [0.05, 0.1) is 5.69 Å². The summed E-state index contributed by atoms with van der Waals surface area (Å²) in [6.45, 7) is 4.41. The van der Waals surface area contributed by atoms with Crippen LogP contribution in [0.2, 0.25) is 0 Å². The van der Waals surface area contributed by atoms with Crippen molar-refractivity contribution < 1.29 is 0 Å². The van der Waals surface area contributed by atoms with Crippen LogP contribution in [0.3, 0.4) is 0 Å². The fourth-order valence-electron chi connectivity index (χ4n) is 1.45. The van der Waals surface area contributed by atoms with Crippen LogP contribution in [0.1, 0.15) is 18.9 Å². The Morgan fingerprint density at radius 2 is 2.24 bits per heavy atom. The van der Waals surface area contributed by atoms with E-state index in [0.29, 0.717) is 5.25 Å². The van der Waals surface area contributed by atoms with Crippen LogP contribution < -0.4 is 5.73 Å². The molecule has 1 aromatic carbocycles. The molecule has 1 aromatic heterocycles. The first-order valence-corrected chi connectivity index (χ1v) is 7.50. The highest BCUT2D eigenvalue weighted by Gasteiger charge is 2.05. The largest absolute Gasteiger partial charge is 0.399 e. The molecule has 0 amide bonds. The van der Waals surface area contributed by atoms with Gasteiger partial charge in [-0.1, -0.05) is 26.0 Å². The first-order chi connectivity index (χ1) is 8.15. The van der Waals surface area contributed by atoms with E-state index in [0.717, 1.165) is 22.7 Å². The third-order valence-electron chi connectivity index (χ3n) is 2.27. The fourth-order valence-corrected chi connectivity index (χ4v) is 3.05. The molecule has 2 rings (SSSR count). The summed E-state index contributed by atoms with van der Waals surface area (Å²) >= 11 is 3.64. The number of rotatable bonds is 4. The smallest absolute Gasteiger partial charge is 0.103 e. The minimum atomic E-state index is 0.648. The number of nitrogens with two attached hydrogens (primary N) is 1. The zero-order valence-electron chi connectivity index (χ0n) is 10.0. The van der Waals surface area contributed by atoms with E-state index in [4.69, 9.17) is 5.73 Å². The summed E-state index contributed by atoms with van der Waals surface area (Å²) < 4.78 is 0. The van der Waals surface area contributed by atoms with Gasteiger partial charge in [-0.3, -0.25) is 0 Å². The molecule has 0 atom stereocenters. The van der Waals surface area contributed by atoms with Crippen molar-refractivity contribution in [2.24, 2.45) is 0 Å². The van der Waals surface area contributed by atoms with Gasteiger partial charge in [0.15, 0.2) is 0 Å². The summed E-state index contributed by atoms with van der Waals surface area (Å²) in [6.07, 6.45) is 0. The molecule has 0 unspecified atom stereocenters. The lowest BCUT2D eigenvalue weighted by molar-refractivity contribution is 1.10. The number of nitrogen functional groups attached to an aromatic ring is 1. The Labute approximate surface area is 110 Å². The molecule has 0 saturated heterocycles. The van der Waals surface area contributed by atoms with Gasteiger partial charge in [0.25, 0.3) is 0 Å². The predicted octanol–water partition coefficient (Wildman–Crippen LogP) is 4.03. The summed E-state index contributed by atoms with van der Waals surface area (Å²) in [5, 5.41) is 3.93. The Kier molecular flexibility index (Phi) is 4.07. The number of thiazole rings is 1. The molecule has 2 nitrogen and oxygen atoms in total. The highest BCUT2D eigenvalue weighted by Crippen LogP contribution is 2.26. The molecule has 4 heteroatoms. The van der Waals surface area contributed by atoms with E-state index in [1.807, 2.05) is 36.0 Å². The third kappa shape index (κ3) is 3.48. The van der Waals surface area contributed by atoms with E-state index in [-0.39, 0.29) is 0 Å². The second kappa shape index (κ2) is 5.56. The molecule has 2 aromatic rings. The third-order valence-corrected chi connectivity index (χ3v) is 4.41. The van der Waals surface area contributed by atoms with Crippen LogP contribution in [0.4, 0.5) is 5.69 Å². The van der Waals surface area contributed by atoms with E-state index < -0.39 is 0 Å². The van der Waals surface area contributed by atoms with Crippen molar-refractivity contribution in [3.63, 3.8) is 0 Å². The lowest BCUT2D eigenvalue weighted by atomic mass is 10.1. The second-order valence-electron chi connectivity index (χ2n) is 4.11. The van der Waals surface area contributed by atoms with Crippen molar-refractivity contribution in [1.82, 2.24) is 4.98 Å². The molecule has 0 fully saturated rings. The van der Waals surface area contributed by atoms with Gasteiger partial charge in [-0.15, -0.1) is 11.3 Å². The van der Waals surface area contributed by atoms with Crippen LogP contribution in [0, 0.1) is 0 Å². The Morgan fingerprint density at radius 1 is 1.41 bits per heavy atom. The van der Waals surface area contributed by atoms with Crippen LogP contribution in [-0.4, -0.2) is 10.2 Å². The number of hydrogen-bond acceptors (Lipinski definition) is 4. The van der Waals surface area contributed by atoms with E-state index in [9.17, 15) is 0 Å². The summed E-state index contributed by atoms with van der Waals surface area (Å²) in [5.74, 6) is 0.991. The molecular weight excluding hydrogens is 248 g/mol. The van der Waals surface area contributed by atoms with Crippen LogP contribution in [0.25, 0.3) is 11.3 Å². The van der Waals surface area contributed by atoms with Crippen molar-refractivity contribution in [2.45, 2.75) is 24.9 Å². The molecule has 17 heavy (non-hydrogen) atoms. The number of nitrogens with zero attached hydrogens (tertiary/aromatic N) is 1. The number of aromatic nitrogens is 1. The minimum absolute atomic E-state index is 0.648. The van der Waals surface area contributed by atoms with E-state index in [1.165, 1.54) is 5.01 Å². The molecular formula is C13H16N2S2. The quantitative estimate of drug-likeness (QED) is 0.847. The molecule has 1 heterocycles. The van der Waals surface area contributed by atoms with Crippen LogP contribution >= 0.6 is 23.1 Å². The summed E-state index contributed by atoms with van der Waals surface area (Å²) in [6, 6.07) is 7.87. The number of thioether (sulfide) groups is 1. The topological polar surface area (TPSA) is 38.9 Å². The minimum Gasteiger partial charge on any atom is -0.399 e. The molecule has 0 radical (unpaired) electrons. The Hall–Kier alpha value is -1.000. The van der Waals surface area contributed by atoms with Crippen molar-refractivity contribution in [3.05, 3.63) is 34.7 Å². The maximum atomic E-state index is 5.77. The van der Waals surface area contributed by atoms with Gasteiger partial charge < -0.3 is 5.73 Å². The van der Waals surface area contributed by atoms with E-state index in [2.05, 4.69) is 24.2 Å². The molecule has 0 bridgehead atoms. The van der Waals surface area contributed by atoms with E-state index >= 15 is 0 Å². The molecule has 2 N–H and O–H groups in total. The van der Waals surface area contributed by atoms with Gasteiger partial charge >= 0.3 is 0 Å². The first-order valence-electron chi connectivity index (χ1n) is 5.57. The van der Waals surface area contributed by atoms with E-state index in [1.54, 1.807) is 11.3 Å². The van der Waals surface area contributed by atoms with Gasteiger partial charge in [0.2, 0.25) is 0 Å². The van der Waals surface area contributed by atoms with Crippen molar-refractivity contribution in [1.29, 1.82) is 0 Å². The Morgan fingerprint density at radius 3 is 2.94 bits per heavy atom. The van der Waals surface area contributed by atoms with Crippen LogP contribution in [0.5, 0.6) is 0 Å². The average Bonchev–Trinajstić information content (AvgIpc) is 2.75. The Bertz CT molecular complexity index is 492. The average molecular weight is 264 g/mol. The maximum absolute atomic E-state index is 5.77. The number of hydrogen-bond donors (Lipinski definition) is 1. The molecule has 90 valence electrons. The van der Waals surface area contributed by atoms with Crippen LogP contribution in [0.15, 0.2) is 29.6 Å². The van der Waals surface area contributed by atoms with Gasteiger partial charge in [-0.25, -0.2) is 4.98 Å². The molecule has 0 aliphatic heterocycles. The normalized spacial score (nSPS) is 11.0. The van der Waals surface area contributed by atoms with Crippen molar-refractivity contribution in [3.8, 4) is 11.3 Å². The Balaban J connectivity index is 2.12. The van der Waals surface area contributed by atoms with Gasteiger partial charge in [-0.05, 0) is 17.4 Å². The van der Waals surface area contributed by atoms with Crippen molar-refractivity contribution >= 4 is 28.8 Å². The van der Waals surface area contributed by atoms with Crippen LogP contribution in [-0.2, 0) is 5.75 Å². The van der Waals surface area contributed by atoms with Gasteiger partial charge in [-0.2, -0.15) is 11.8 Å². The summed E-state index contributed by atoms with van der Waals surface area (Å²) in [5.41, 5.74) is 8.69. The first kappa shape index (κ1) is 12.5. The van der Waals surface area contributed by atoms with Crippen molar-refractivity contribution in [2.75, 3.05) is 5.73 Å². The molecule has 0 aliphatic rings. The number of benzene rings is 1. The summed E-state index contributed by atoms with van der Waals surface area (Å²) in [4.78, 5) is 4.64. The zero-order chi connectivity index (χ0) is 12.3. The maximum Gasteiger partial charge on any atom is 0.103 e. The lowest BCUT2D eigenvalue weighted by Gasteiger charge is -2.01. The fraction of sp³-hybridized carbons (Fsp3) is 0.308. The standard InChI is InChI=1S/C13H16N2S2/c1-9(2)16-8-13-15-12(7-17-13)10-4-3-5-11(14)6-10/h3-7,9H,8,14H2,1-2H3. The molecule has 0 spiro atoms. The summed E-state index contributed by atoms with van der Waals surface area (Å²) in [7, 11) is 0. The number of anilines is 1. The highest BCUT2D eigenvalue weighted by atomic mass is 32.2. The SMILES string of the molecule is CC(C)SCc1nc(-c2cccc(N)c2)cs1.